The monoisotopic (exact) mass is 283 g/mol. The van der Waals surface area contributed by atoms with Crippen molar-refractivity contribution in [1.82, 2.24) is 4.98 Å². The van der Waals surface area contributed by atoms with Gasteiger partial charge in [-0.1, -0.05) is 12.1 Å². The summed E-state index contributed by atoms with van der Waals surface area (Å²) in [5.41, 5.74) is 0.679. The zero-order valence-electron chi connectivity index (χ0n) is 11.2. The van der Waals surface area contributed by atoms with E-state index in [4.69, 9.17) is 0 Å². The van der Waals surface area contributed by atoms with E-state index in [9.17, 15) is 13.6 Å². The van der Waals surface area contributed by atoms with Crippen LogP contribution in [-0.4, -0.2) is 10.8 Å². The van der Waals surface area contributed by atoms with Crippen LogP contribution >= 0.6 is 0 Å². The first-order valence-corrected chi connectivity index (χ1v) is 6.42. The molecular weight excluding hydrogens is 272 g/mol. The lowest BCUT2D eigenvalue weighted by atomic mass is 9.99. The van der Waals surface area contributed by atoms with Gasteiger partial charge in [0.15, 0.2) is 5.78 Å². The Morgan fingerprint density at radius 2 is 1.90 bits per heavy atom. The average Bonchev–Trinajstić information content (AvgIpc) is 2.51. The van der Waals surface area contributed by atoms with Crippen LogP contribution in [0, 0.1) is 18.6 Å². The average molecular weight is 283 g/mol. The molecule has 2 nitrogen and oxygen atoms in total. The SMILES string of the molecule is Cc1ccc(F)c(C(=O)c2ccc3ncccc3c2)c1F. The number of carbonyl (C=O) groups is 1. The van der Waals surface area contributed by atoms with Crippen LogP contribution in [0.5, 0.6) is 0 Å². The van der Waals surface area contributed by atoms with Gasteiger partial charge in [-0.15, -0.1) is 0 Å². The summed E-state index contributed by atoms with van der Waals surface area (Å²) in [7, 11) is 0. The van der Waals surface area contributed by atoms with E-state index in [-0.39, 0.29) is 11.1 Å². The molecular formula is C17H11F2NO. The molecule has 3 aromatic rings. The predicted molar refractivity (Wildman–Crippen MR) is 76.3 cm³/mol. The van der Waals surface area contributed by atoms with E-state index in [0.29, 0.717) is 0 Å². The lowest BCUT2D eigenvalue weighted by Crippen LogP contribution is -2.08. The zero-order valence-corrected chi connectivity index (χ0v) is 11.2. The van der Waals surface area contributed by atoms with Crippen molar-refractivity contribution in [3.8, 4) is 0 Å². The molecule has 21 heavy (non-hydrogen) atoms. The molecule has 3 rings (SSSR count). The maximum atomic E-state index is 14.0. The summed E-state index contributed by atoms with van der Waals surface area (Å²) < 4.78 is 27.8. The van der Waals surface area contributed by atoms with Gasteiger partial charge >= 0.3 is 0 Å². The number of hydrogen-bond donors (Lipinski definition) is 0. The number of rotatable bonds is 2. The third-order valence-electron chi connectivity index (χ3n) is 3.38. The molecule has 0 bridgehead atoms. The summed E-state index contributed by atoms with van der Waals surface area (Å²) in [5.74, 6) is -2.33. The molecule has 0 amide bonds. The summed E-state index contributed by atoms with van der Waals surface area (Å²) in [6.07, 6.45) is 1.64. The third kappa shape index (κ3) is 2.29. The van der Waals surface area contributed by atoms with Crippen LogP contribution in [0.4, 0.5) is 8.78 Å². The van der Waals surface area contributed by atoms with Gasteiger partial charge in [-0.2, -0.15) is 0 Å². The van der Waals surface area contributed by atoms with Crippen molar-refractivity contribution < 1.29 is 13.6 Å². The van der Waals surface area contributed by atoms with Crippen LogP contribution in [0.15, 0.2) is 48.7 Å². The molecule has 0 fully saturated rings. The van der Waals surface area contributed by atoms with E-state index < -0.39 is 23.0 Å². The van der Waals surface area contributed by atoms with E-state index in [2.05, 4.69) is 4.98 Å². The summed E-state index contributed by atoms with van der Waals surface area (Å²) in [5, 5.41) is 0.747. The minimum Gasteiger partial charge on any atom is -0.288 e. The number of ketones is 1. The fourth-order valence-corrected chi connectivity index (χ4v) is 2.23. The van der Waals surface area contributed by atoms with E-state index in [1.165, 1.54) is 19.1 Å². The molecule has 0 unspecified atom stereocenters. The first-order chi connectivity index (χ1) is 10.1. The Kier molecular flexibility index (Phi) is 3.22. The normalized spacial score (nSPS) is 10.8. The van der Waals surface area contributed by atoms with Gasteiger partial charge in [-0.3, -0.25) is 9.78 Å². The molecule has 0 aliphatic rings. The van der Waals surface area contributed by atoms with E-state index in [1.807, 2.05) is 0 Å². The number of aromatic nitrogens is 1. The van der Waals surface area contributed by atoms with Crippen molar-refractivity contribution in [3.63, 3.8) is 0 Å². The lowest BCUT2D eigenvalue weighted by Gasteiger charge is -2.07. The first kappa shape index (κ1) is 13.4. The van der Waals surface area contributed by atoms with Crippen LogP contribution in [-0.2, 0) is 0 Å². The molecule has 1 heterocycles. The van der Waals surface area contributed by atoms with Crippen LogP contribution in [0.3, 0.4) is 0 Å². The number of nitrogens with zero attached hydrogens (tertiary/aromatic N) is 1. The fraction of sp³-hybridized carbons (Fsp3) is 0.0588. The Hall–Kier alpha value is -2.62. The van der Waals surface area contributed by atoms with Crippen LogP contribution in [0.25, 0.3) is 10.9 Å². The van der Waals surface area contributed by atoms with Crippen LogP contribution < -0.4 is 0 Å². The molecule has 0 atom stereocenters. The fourth-order valence-electron chi connectivity index (χ4n) is 2.23. The van der Waals surface area contributed by atoms with E-state index >= 15 is 0 Å². The predicted octanol–water partition coefficient (Wildman–Crippen LogP) is 4.05. The number of pyridine rings is 1. The highest BCUT2D eigenvalue weighted by Gasteiger charge is 2.20. The highest BCUT2D eigenvalue weighted by Crippen LogP contribution is 2.22. The molecule has 0 saturated heterocycles. The number of fused-ring (bicyclic) bond motifs is 1. The smallest absolute Gasteiger partial charge is 0.198 e. The van der Waals surface area contributed by atoms with Gasteiger partial charge in [0.05, 0.1) is 11.1 Å². The number of benzene rings is 2. The van der Waals surface area contributed by atoms with Gasteiger partial charge in [0, 0.05) is 17.1 Å². The molecule has 104 valence electrons. The molecule has 0 aliphatic heterocycles. The van der Waals surface area contributed by atoms with E-state index in [0.717, 1.165) is 17.0 Å². The van der Waals surface area contributed by atoms with Crippen molar-refractivity contribution in [3.05, 3.63) is 77.0 Å². The maximum Gasteiger partial charge on any atom is 0.198 e. The highest BCUT2D eigenvalue weighted by atomic mass is 19.1. The van der Waals surface area contributed by atoms with Crippen molar-refractivity contribution in [1.29, 1.82) is 0 Å². The summed E-state index contributed by atoms with van der Waals surface area (Å²) >= 11 is 0. The Balaban J connectivity index is 2.15. The highest BCUT2D eigenvalue weighted by molar-refractivity contribution is 6.10. The minimum atomic E-state index is -0.852. The number of hydrogen-bond acceptors (Lipinski definition) is 2. The Morgan fingerprint density at radius 1 is 1.10 bits per heavy atom. The van der Waals surface area contributed by atoms with E-state index in [1.54, 1.807) is 30.5 Å². The number of carbonyl (C=O) groups excluding carboxylic acids is 1. The number of aryl methyl sites for hydroxylation is 1. The van der Waals surface area contributed by atoms with Gasteiger partial charge < -0.3 is 0 Å². The largest absolute Gasteiger partial charge is 0.288 e. The van der Waals surface area contributed by atoms with Gasteiger partial charge in [0.1, 0.15) is 11.6 Å². The van der Waals surface area contributed by atoms with Crippen LogP contribution in [0.1, 0.15) is 21.5 Å². The van der Waals surface area contributed by atoms with Crippen molar-refractivity contribution in [2.45, 2.75) is 6.92 Å². The first-order valence-electron chi connectivity index (χ1n) is 6.42. The third-order valence-corrected chi connectivity index (χ3v) is 3.38. The molecule has 0 N–H and O–H groups in total. The lowest BCUT2D eigenvalue weighted by molar-refractivity contribution is 0.103. The molecule has 4 heteroatoms. The quantitative estimate of drug-likeness (QED) is 0.664. The summed E-state index contributed by atoms with van der Waals surface area (Å²) in [4.78, 5) is 16.5. The molecule has 2 aromatic carbocycles. The van der Waals surface area contributed by atoms with Crippen molar-refractivity contribution in [2.24, 2.45) is 0 Å². The van der Waals surface area contributed by atoms with Gasteiger partial charge in [-0.25, -0.2) is 8.78 Å². The Morgan fingerprint density at radius 3 is 2.71 bits per heavy atom. The van der Waals surface area contributed by atoms with Gasteiger partial charge in [0.25, 0.3) is 0 Å². The molecule has 0 spiro atoms. The standard InChI is InChI=1S/C17H11F2NO/c1-10-4-6-13(18)15(16(10)19)17(21)12-5-7-14-11(9-12)3-2-8-20-14/h2-9H,1H3. The number of halogens is 2. The second-order valence-electron chi connectivity index (χ2n) is 4.79. The Labute approximate surface area is 120 Å². The molecule has 0 radical (unpaired) electrons. The molecule has 0 saturated carbocycles. The maximum absolute atomic E-state index is 14.0. The molecule has 1 aromatic heterocycles. The summed E-state index contributed by atoms with van der Waals surface area (Å²) in [6.45, 7) is 1.50. The zero-order chi connectivity index (χ0) is 15.0. The second kappa shape index (κ2) is 5.05. The Bertz CT molecular complexity index is 859. The van der Waals surface area contributed by atoms with Gasteiger partial charge in [0.2, 0.25) is 0 Å². The van der Waals surface area contributed by atoms with Crippen LogP contribution in [0.2, 0.25) is 0 Å². The molecule has 0 aliphatic carbocycles. The summed E-state index contributed by atoms with van der Waals surface area (Å²) in [6, 6.07) is 10.7. The second-order valence-corrected chi connectivity index (χ2v) is 4.79. The topological polar surface area (TPSA) is 30.0 Å². The van der Waals surface area contributed by atoms with Crippen molar-refractivity contribution in [2.75, 3.05) is 0 Å². The van der Waals surface area contributed by atoms with Gasteiger partial charge in [-0.05, 0) is 42.8 Å². The van der Waals surface area contributed by atoms with Crippen molar-refractivity contribution >= 4 is 16.7 Å². The minimum absolute atomic E-state index is 0.235.